The summed E-state index contributed by atoms with van der Waals surface area (Å²) >= 11 is 0. The summed E-state index contributed by atoms with van der Waals surface area (Å²) in [6.45, 7) is 0. The van der Waals surface area contributed by atoms with Gasteiger partial charge in [0.1, 0.15) is 0 Å². The molecule has 0 bridgehead atoms. The smallest absolute Gasteiger partial charge is 0.551 e. The molecule has 0 saturated carbocycles. The first kappa shape index (κ1) is 22.6. The van der Waals surface area contributed by atoms with Crippen LogP contribution < -0.4 is 18.9 Å². The van der Waals surface area contributed by atoms with Crippen molar-refractivity contribution in [3.8, 4) is 23.0 Å². The summed E-state index contributed by atoms with van der Waals surface area (Å²) < 4.78 is 19.8. The van der Waals surface area contributed by atoms with Gasteiger partial charge in [0.25, 0.3) is 0 Å². The van der Waals surface area contributed by atoms with Gasteiger partial charge in [0.05, 0.1) is 41.0 Å². The fourth-order valence-corrected chi connectivity index (χ4v) is 1.72. The molecule has 0 aliphatic rings. The van der Waals surface area contributed by atoms with E-state index in [1.807, 2.05) is 0 Å². The zero-order valence-corrected chi connectivity index (χ0v) is 17.6. The Bertz CT molecular complexity index is 628. The fraction of sp³-hybridized carbons (Fsp3) is 0.222. The molecule has 0 aromatic heterocycles. The molecule has 0 atom stereocenters. The molecule has 0 N–H and O–H groups in total. The van der Waals surface area contributed by atoms with Crippen LogP contribution in [0.3, 0.4) is 0 Å². The van der Waals surface area contributed by atoms with E-state index in [1.165, 1.54) is 28.4 Å². The summed E-state index contributed by atoms with van der Waals surface area (Å²) in [4.78, 5) is 20.7. The Balaban J connectivity index is 0.000000443. The second-order valence-electron chi connectivity index (χ2n) is 4.30. The van der Waals surface area contributed by atoms with Crippen LogP contribution in [0.5, 0.6) is 23.0 Å². The number of carbonyl (C=O) groups excluding carboxylic acids is 2. The first-order valence-electron chi connectivity index (χ1n) is 6.81. The number of ether oxygens (including phenoxy) is 4. The van der Waals surface area contributed by atoms with Gasteiger partial charge in [-0.3, -0.25) is 0 Å². The molecule has 128 valence electrons. The van der Waals surface area contributed by atoms with Crippen LogP contribution in [0.4, 0.5) is 0 Å². The summed E-state index contributed by atoms with van der Waals surface area (Å²) in [6, 6.07) is 11.9. The Morgan fingerprint density at radius 3 is 1.32 bits per heavy atom. The molecule has 6 nitrogen and oxygen atoms in total. The molecule has 0 aliphatic carbocycles. The van der Waals surface area contributed by atoms with Crippen molar-refractivity contribution in [3.63, 3.8) is 0 Å². The molecule has 0 unspecified atom stereocenters. The number of aldehydes is 2. The molecule has 0 fully saturated rings. The summed E-state index contributed by atoms with van der Waals surface area (Å²) in [6.07, 6.45) is 1.47. The minimum Gasteiger partial charge on any atom is -0.551 e. The number of hydrogen-bond acceptors (Lipinski definition) is 6. The van der Waals surface area contributed by atoms with Crippen molar-refractivity contribution in [1.29, 1.82) is 0 Å². The molecule has 0 aliphatic heterocycles. The van der Waals surface area contributed by atoms with Crippen molar-refractivity contribution >= 4 is 12.6 Å². The Morgan fingerprint density at radius 2 is 1.08 bits per heavy atom. The van der Waals surface area contributed by atoms with Crippen LogP contribution in [-0.4, -0.2) is 41.0 Å². The van der Waals surface area contributed by atoms with Crippen LogP contribution in [0.15, 0.2) is 24.3 Å². The topological polar surface area (TPSA) is 71.1 Å². The van der Waals surface area contributed by atoms with Crippen LogP contribution in [-0.2, 0) is 19.5 Å². The van der Waals surface area contributed by atoms with Gasteiger partial charge in [0.15, 0.2) is 0 Å². The number of hydrogen-bond donors (Lipinski definition) is 0. The first-order chi connectivity index (χ1) is 11.6. The van der Waals surface area contributed by atoms with Gasteiger partial charge in [0, 0.05) is 23.0 Å². The van der Waals surface area contributed by atoms with Crippen molar-refractivity contribution < 1.29 is 48.0 Å². The van der Waals surface area contributed by atoms with Gasteiger partial charge in [-0.15, -0.1) is 24.3 Å². The monoisotopic (exact) mass is 394 g/mol. The largest absolute Gasteiger partial charge is 2.00 e. The van der Waals surface area contributed by atoms with Gasteiger partial charge in [-0.25, -0.2) is 0 Å². The Morgan fingerprint density at radius 1 is 0.720 bits per heavy atom. The van der Waals surface area contributed by atoms with Gasteiger partial charge < -0.3 is 28.5 Å². The van der Waals surface area contributed by atoms with Crippen LogP contribution >= 0.6 is 0 Å². The third kappa shape index (κ3) is 6.55. The van der Waals surface area contributed by atoms with Gasteiger partial charge in [0.2, 0.25) is 0 Å². The molecule has 2 aromatic carbocycles. The molecule has 7 heteroatoms. The van der Waals surface area contributed by atoms with Gasteiger partial charge in [-0.05, 0) is 0 Å². The third-order valence-corrected chi connectivity index (χ3v) is 2.90. The molecule has 0 saturated heterocycles. The average Bonchev–Trinajstić information content (AvgIpc) is 2.67. The van der Waals surface area contributed by atoms with E-state index < -0.39 is 0 Å². The minimum absolute atomic E-state index is 0. The van der Waals surface area contributed by atoms with Crippen molar-refractivity contribution in [3.05, 3.63) is 47.5 Å². The Kier molecular flexibility index (Phi) is 10.9. The number of carbonyl (C=O) groups is 2. The van der Waals surface area contributed by atoms with Gasteiger partial charge in [-0.2, -0.15) is 12.1 Å². The van der Waals surface area contributed by atoms with Crippen LogP contribution in [0.2, 0.25) is 0 Å². The maximum Gasteiger partial charge on any atom is 2.00 e. The van der Waals surface area contributed by atoms with Gasteiger partial charge in [-0.1, -0.05) is 11.1 Å². The van der Waals surface area contributed by atoms with E-state index in [9.17, 15) is 9.59 Å². The van der Waals surface area contributed by atoms with Crippen molar-refractivity contribution in [2.75, 3.05) is 28.4 Å². The molecule has 2 aromatic rings. The normalized spacial score (nSPS) is 8.80. The van der Waals surface area contributed by atoms with E-state index in [0.29, 0.717) is 34.1 Å². The summed E-state index contributed by atoms with van der Waals surface area (Å²) in [5.74, 6) is 2.04. The molecular formula is C18H18O6Zn. The third-order valence-electron chi connectivity index (χ3n) is 2.90. The quantitative estimate of drug-likeness (QED) is 0.425. The molecule has 2 rings (SSSR count). The van der Waals surface area contributed by atoms with Crippen molar-refractivity contribution in [1.82, 2.24) is 0 Å². The zero-order valence-electron chi connectivity index (χ0n) is 14.6. The maximum atomic E-state index is 10.4. The Labute approximate surface area is 159 Å². The number of rotatable bonds is 6. The fourth-order valence-electron chi connectivity index (χ4n) is 1.72. The number of benzene rings is 2. The summed E-state index contributed by atoms with van der Waals surface area (Å²) in [5, 5.41) is 0. The van der Waals surface area contributed by atoms with E-state index in [2.05, 4.69) is 12.1 Å². The van der Waals surface area contributed by atoms with Crippen LogP contribution in [0, 0.1) is 12.1 Å². The second kappa shape index (κ2) is 12.0. The molecule has 0 spiro atoms. The van der Waals surface area contributed by atoms with E-state index in [0.717, 1.165) is 12.6 Å². The average molecular weight is 396 g/mol. The molecule has 0 radical (unpaired) electrons. The van der Waals surface area contributed by atoms with E-state index in [4.69, 9.17) is 18.9 Å². The van der Waals surface area contributed by atoms with Crippen LogP contribution in [0.1, 0.15) is 20.7 Å². The summed E-state index contributed by atoms with van der Waals surface area (Å²) in [7, 11) is 6.07. The van der Waals surface area contributed by atoms with E-state index in [1.54, 1.807) is 24.3 Å². The molecule has 25 heavy (non-hydrogen) atoms. The molecule has 0 amide bonds. The Hall–Kier alpha value is -2.40. The van der Waals surface area contributed by atoms with Crippen LogP contribution in [0.25, 0.3) is 0 Å². The predicted molar refractivity (Wildman–Crippen MR) is 87.5 cm³/mol. The number of methoxy groups -OCH3 is 4. The van der Waals surface area contributed by atoms with E-state index >= 15 is 0 Å². The second-order valence-corrected chi connectivity index (χ2v) is 4.30. The van der Waals surface area contributed by atoms with E-state index in [-0.39, 0.29) is 19.5 Å². The minimum atomic E-state index is 0. The predicted octanol–water partition coefficient (Wildman–Crippen LogP) is 2.63. The SMILES string of the molecule is COc1[c-]cc(C=O)cc1OC.COc1[c-]cc(C=O)cc1OC.[Zn+2]. The summed E-state index contributed by atoms with van der Waals surface area (Å²) in [5.41, 5.74) is 1.04. The van der Waals surface area contributed by atoms with Gasteiger partial charge >= 0.3 is 19.5 Å². The molecule has 0 heterocycles. The maximum absolute atomic E-state index is 10.4. The first-order valence-corrected chi connectivity index (χ1v) is 6.81. The zero-order chi connectivity index (χ0) is 17.9. The molecular weight excluding hydrogens is 378 g/mol. The van der Waals surface area contributed by atoms with Crippen molar-refractivity contribution in [2.45, 2.75) is 0 Å². The standard InChI is InChI=1S/2C9H9O3.Zn/c2*1-11-8-4-3-7(6-10)5-9(8)12-2;/h2*3,5-6H,1-2H3;/q2*-1;+2. The van der Waals surface area contributed by atoms with Crippen molar-refractivity contribution in [2.24, 2.45) is 0 Å².